The number of carbonyl (C=O) groups excluding carboxylic acids is 2. The van der Waals surface area contributed by atoms with Crippen molar-refractivity contribution < 1.29 is 9.59 Å². The number of anilines is 1. The van der Waals surface area contributed by atoms with Gasteiger partial charge < -0.3 is 0 Å². The molecule has 0 radical (unpaired) electrons. The molecule has 0 spiro atoms. The Morgan fingerprint density at radius 1 is 1.37 bits per heavy atom. The van der Waals surface area contributed by atoms with Crippen LogP contribution in [0.15, 0.2) is 24.3 Å². The van der Waals surface area contributed by atoms with Crippen molar-refractivity contribution in [2.75, 3.05) is 5.32 Å². The van der Waals surface area contributed by atoms with Gasteiger partial charge in [-0.25, -0.2) is 0 Å². The van der Waals surface area contributed by atoms with Crippen LogP contribution < -0.4 is 5.32 Å². The van der Waals surface area contributed by atoms with Crippen molar-refractivity contribution in [1.82, 2.24) is 10.2 Å². The van der Waals surface area contributed by atoms with Gasteiger partial charge in [0.25, 0.3) is 0 Å². The molecule has 1 heterocycles. The van der Waals surface area contributed by atoms with E-state index in [0.717, 1.165) is 10.6 Å². The molecule has 1 aromatic heterocycles. The van der Waals surface area contributed by atoms with Crippen LogP contribution in [0.5, 0.6) is 0 Å². The predicted molar refractivity (Wildman–Crippen MR) is 71.4 cm³/mol. The van der Waals surface area contributed by atoms with E-state index in [9.17, 15) is 9.59 Å². The van der Waals surface area contributed by atoms with E-state index in [1.54, 1.807) is 6.07 Å². The summed E-state index contributed by atoms with van der Waals surface area (Å²) in [5.41, 5.74) is 1.45. The van der Waals surface area contributed by atoms with E-state index in [1.165, 1.54) is 11.3 Å². The number of benzene rings is 1. The molecule has 19 heavy (non-hydrogen) atoms. The highest BCUT2D eigenvalue weighted by Crippen LogP contribution is 2.33. The third-order valence-electron chi connectivity index (χ3n) is 3.10. The molecule has 0 aliphatic heterocycles. The van der Waals surface area contributed by atoms with Gasteiger partial charge in [-0.05, 0) is 12.5 Å². The van der Waals surface area contributed by atoms with E-state index in [-0.39, 0.29) is 18.1 Å². The van der Waals surface area contributed by atoms with E-state index in [4.69, 9.17) is 0 Å². The minimum absolute atomic E-state index is 0.0178. The zero-order valence-electron chi connectivity index (χ0n) is 10.2. The Bertz CT molecular complexity index is 665. The Morgan fingerprint density at radius 2 is 2.16 bits per heavy atom. The molecule has 0 saturated carbocycles. The monoisotopic (exact) mass is 273 g/mol. The molecule has 1 N–H and O–H groups in total. The fourth-order valence-corrected chi connectivity index (χ4v) is 2.83. The molecular formula is C13H11N3O2S. The van der Waals surface area contributed by atoms with Crippen LogP contribution in [0.25, 0.3) is 0 Å². The highest BCUT2D eigenvalue weighted by molar-refractivity contribution is 7.15. The molecule has 5 nitrogen and oxygen atoms in total. The highest BCUT2D eigenvalue weighted by atomic mass is 32.1. The number of aromatic nitrogens is 2. The van der Waals surface area contributed by atoms with Crippen LogP contribution in [-0.2, 0) is 4.79 Å². The van der Waals surface area contributed by atoms with Crippen LogP contribution in [-0.4, -0.2) is 21.9 Å². The number of amides is 1. The Balaban J connectivity index is 1.84. The van der Waals surface area contributed by atoms with Gasteiger partial charge >= 0.3 is 0 Å². The smallest absolute Gasteiger partial charge is 0.234 e. The first-order chi connectivity index (χ1) is 9.15. The number of rotatable bonds is 2. The second-order valence-electron chi connectivity index (χ2n) is 4.38. The lowest BCUT2D eigenvalue weighted by Gasteiger charge is -2.09. The Hall–Kier alpha value is -2.08. The third kappa shape index (κ3) is 2.15. The molecule has 0 fully saturated rings. The zero-order valence-corrected chi connectivity index (χ0v) is 11.0. The first-order valence-electron chi connectivity index (χ1n) is 5.88. The van der Waals surface area contributed by atoms with Crippen molar-refractivity contribution in [2.24, 2.45) is 0 Å². The van der Waals surface area contributed by atoms with Crippen molar-refractivity contribution >= 4 is 28.2 Å². The summed E-state index contributed by atoms with van der Waals surface area (Å²) in [6.45, 7) is 1.82. The molecule has 1 atom stereocenters. The van der Waals surface area contributed by atoms with Gasteiger partial charge in [-0.15, -0.1) is 10.2 Å². The highest BCUT2D eigenvalue weighted by Gasteiger charge is 2.34. The predicted octanol–water partition coefficient (Wildman–Crippen LogP) is 2.16. The molecule has 2 aromatic rings. The summed E-state index contributed by atoms with van der Waals surface area (Å²) < 4.78 is 0. The molecule has 3 rings (SSSR count). The number of ketones is 1. The molecule has 1 aliphatic carbocycles. The van der Waals surface area contributed by atoms with Gasteiger partial charge in [-0.1, -0.05) is 35.6 Å². The third-order valence-corrected chi connectivity index (χ3v) is 3.85. The van der Waals surface area contributed by atoms with Crippen LogP contribution in [0, 0.1) is 6.92 Å². The van der Waals surface area contributed by atoms with E-state index >= 15 is 0 Å². The quantitative estimate of drug-likeness (QED) is 0.910. The Labute approximate surface area is 113 Å². The first kappa shape index (κ1) is 12.0. The number of nitrogens with zero attached hydrogens (tertiary/aromatic N) is 2. The number of nitrogens with one attached hydrogen (secondary N) is 1. The minimum Gasteiger partial charge on any atom is -0.300 e. The van der Waals surface area contributed by atoms with Gasteiger partial charge in [-0.3, -0.25) is 14.9 Å². The number of aryl methyl sites for hydroxylation is 1. The summed E-state index contributed by atoms with van der Waals surface area (Å²) in [6, 6.07) is 7.24. The molecule has 96 valence electrons. The van der Waals surface area contributed by atoms with Crippen LogP contribution in [0.1, 0.15) is 33.3 Å². The van der Waals surface area contributed by atoms with Gasteiger partial charge in [0.05, 0.1) is 5.92 Å². The number of fused-ring (bicyclic) bond motifs is 1. The van der Waals surface area contributed by atoms with Crippen molar-refractivity contribution in [3.63, 3.8) is 0 Å². The Kier molecular flexibility index (Phi) is 2.87. The minimum atomic E-state index is -0.423. The summed E-state index contributed by atoms with van der Waals surface area (Å²) in [6.07, 6.45) is 0.225. The molecule has 1 aromatic carbocycles. The largest absolute Gasteiger partial charge is 0.300 e. The average molecular weight is 273 g/mol. The zero-order chi connectivity index (χ0) is 13.4. The molecule has 0 saturated heterocycles. The van der Waals surface area contributed by atoms with Gasteiger partial charge in [0.15, 0.2) is 5.78 Å². The molecule has 1 aliphatic rings. The van der Waals surface area contributed by atoms with Crippen molar-refractivity contribution in [3.8, 4) is 0 Å². The van der Waals surface area contributed by atoms with E-state index in [0.29, 0.717) is 10.7 Å². The molecule has 0 bridgehead atoms. The second-order valence-corrected chi connectivity index (χ2v) is 5.56. The standard InChI is InChI=1S/C13H11N3O2S/c1-7-15-16-13(19-7)14-12(18)10-6-11(17)9-5-3-2-4-8(9)10/h2-5,10H,6H2,1H3,(H,14,16,18)/t10-/m1/s1. The molecular weight excluding hydrogens is 262 g/mol. The molecule has 1 amide bonds. The molecule has 6 heteroatoms. The summed E-state index contributed by atoms with van der Waals surface area (Å²) in [4.78, 5) is 24.0. The summed E-state index contributed by atoms with van der Waals surface area (Å²) in [5.74, 6) is -0.605. The summed E-state index contributed by atoms with van der Waals surface area (Å²) >= 11 is 1.32. The summed E-state index contributed by atoms with van der Waals surface area (Å²) in [5, 5.41) is 11.7. The van der Waals surface area contributed by atoms with Gasteiger partial charge in [0, 0.05) is 12.0 Å². The normalized spacial score (nSPS) is 17.3. The number of hydrogen-bond donors (Lipinski definition) is 1. The van der Waals surface area contributed by atoms with Crippen LogP contribution in [0.4, 0.5) is 5.13 Å². The lowest BCUT2D eigenvalue weighted by Crippen LogP contribution is -2.19. The number of carbonyl (C=O) groups is 2. The lowest BCUT2D eigenvalue weighted by atomic mass is 10.0. The maximum Gasteiger partial charge on any atom is 0.234 e. The first-order valence-corrected chi connectivity index (χ1v) is 6.70. The van der Waals surface area contributed by atoms with Gasteiger partial charge in [0.1, 0.15) is 5.01 Å². The maximum atomic E-state index is 12.2. The van der Waals surface area contributed by atoms with Crippen LogP contribution in [0.2, 0.25) is 0 Å². The topological polar surface area (TPSA) is 72.0 Å². The fraction of sp³-hybridized carbons (Fsp3) is 0.231. The van der Waals surface area contributed by atoms with Crippen molar-refractivity contribution in [3.05, 3.63) is 40.4 Å². The van der Waals surface area contributed by atoms with E-state index in [1.807, 2.05) is 25.1 Å². The van der Waals surface area contributed by atoms with Crippen molar-refractivity contribution in [2.45, 2.75) is 19.3 Å². The maximum absolute atomic E-state index is 12.2. The Morgan fingerprint density at radius 3 is 2.89 bits per heavy atom. The lowest BCUT2D eigenvalue weighted by molar-refractivity contribution is -0.117. The number of Topliss-reactive ketones (excluding diaryl/α,β-unsaturated/α-hetero) is 1. The van der Waals surface area contributed by atoms with E-state index < -0.39 is 5.92 Å². The SMILES string of the molecule is Cc1nnc(NC(=O)[C@@H]2CC(=O)c3ccccc32)s1. The van der Waals surface area contributed by atoms with Crippen LogP contribution >= 0.6 is 11.3 Å². The van der Waals surface area contributed by atoms with Gasteiger partial charge in [-0.2, -0.15) is 0 Å². The van der Waals surface area contributed by atoms with Gasteiger partial charge in [0.2, 0.25) is 11.0 Å². The summed E-state index contributed by atoms with van der Waals surface area (Å²) in [7, 11) is 0. The van der Waals surface area contributed by atoms with Crippen molar-refractivity contribution in [1.29, 1.82) is 0 Å². The molecule has 0 unspecified atom stereocenters. The average Bonchev–Trinajstić information content (AvgIpc) is 2.95. The van der Waals surface area contributed by atoms with E-state index in [2.05, 4.69) is 15.5 Å². The second kappa shape index (κ2) is 4.55. The van der Waals surface area contributed by atoms with Crippen LogP contribution in [0.3, 0.4) is 0 Å². The fourth-order valence-electron chi connectivity index (χ4n) is 2.23. The number of hydrogen-bond acceptors (Lipinski definition) is 5.